The van der Waals surface area contributed by atoms with Crippen molar-refractivity contribution in [2.75, 3.05) is 39.8 Å². The van der Waals surface area contributed by atoms with Crippen LogP contribution < -0.4 is 0 Å². The summed E-state index contributed by atoms with van der Waals surface area (Å²) in [4.78, 5) is 13.6. The molecule has 0 unspecified atom stereocenters. The summed E-state index contributed by atoms with van der Waals surface area (Å²) in [6.45, 7) is 1.96. The van der Waals surface area contributed by atoms with Gasteiger partial charge in [-0.1, -0.05) is 35.9 Å². The van der Waals surface area contributed by atoms with Crippen LogP contribution in [0.4, 0.5) is 13.2 Å². The Labute approximate surface area is 236 Å². The van der Waals surface area contributed by atoms with Crippen LogP contribution >= 0.6 is 11.6 Å². The predicted octanol–water partition coefficient (Wildman–Crippen LogP) is 5.41. The van der Waals surface area contributed by atoms with Gasteiger partial charge in [-0.05, 0) is 59.7 Å². The van der Waals surface area contributed by atoms with E-state index in [9.17, 15) is 26.4 Å². The van der Waals surface area contributed by atoms with Gasteiger partial charge in [-0.25, -0.2) is 13.2 Å². The number of methoxy groups -OCH3 is 1. The second kappa shape index (κ2) is 12.7. The summed E-state index contributed by atoms with van der Waals surface area (Å²) in [5.41, 5.74) is 1.29. The van der Waals surface area contributed by atoms with Gasteiger partial charge in [0.15, 0.2) is 0 Å². The number of nitrogens with zero attached hydrogens (tertiary/aromatic N) is 2. The average Bonchev–Trinajstić information content (AvgIpc) is 2.95. The van der Waals surface area contributed by atoms with E-state index < -0.39 is 27.7 Å². The standard InChI is InChI=1S/C28H28ClF3N2O5S/c1-38-27(35)22-4-2-20(3-5-22)19-39-26(21-6-10-24(29)11-7-21)18-33-14-16-34(17-15-33)40(36,37)25-12-8-23(9-13-25)28(30,31)32/h2-13,26H,14-19H2,1H3/t26-/m0/s1. The Morgan fingerprint density at radius 3 is 2.08 bits per heavy atom. The van der Waals surface area contributed by atoms with Gasteiger partial charge in [0.05, 0.1) is 35.8 Å². The third-order valence-corrected chi connectivity index (χ3v) is 8.81. The molecule has 214 valence electrons. The quantitative estimate of drug-likeness (QED) is 0.308. The number of halogens is 4. The van der Waals surface area contributed by atoms with Crippen LogP contribution in [-0.2, 0) is 32.3 Å². The minimum Gasteiger partial charge on any atom is -0.465 e. The summed E-state index contributed by atoms with van der Waals surface area (Å²) in [6, 6.07) is 17.7. The lowest BCUT2D eigenvalue weighted by Crippen LogP contribution is -2.49. The molecule has 0 aliphatic carbocycles. The minimum absolute atomic E-state index is 0.172. The maximum absolute atomic E-state index is 13.0. The van der Waals surface area contributed by atoms with Crippen LogP contribution in [0.2, 0.25) is 5.02 Å². The number of hydrogen-bond acceptors (Lipinski definition) is 6. The van der Waals surface area contributed by atoms with Crippen molar-refractivity contribution in [1.29, 1.82) is 0 Å². The molecule has 3 aromatic carbocycles. The van der Waals surface area contributed by atoms with E-state index in [-0.39, 0.29) is 30.7 Å². The molecule has 3 aromatic rings. The third-order valence-electron chi connectivity index (χ3n) is 6.64. The number of rotatable bonds is 9. The number of alkyl halides is 3. The Bertz CT molecular complexity index is 1390. The Morgan fingerprint density at radius 1 is 0.925 bits per heavy atom. The molecule has 7 nitrogen and oxygen atoms in total. The lowest BCUT2D eigenvalue weighted by Gasteiger charge is -2.36. The Morgan fingerprint density at radius 2 is 1.52 bits per heavy atom. The molecule has 0 amide bonds. The Kier molecular flexibility index (Phi) is 9.52. The van der Waals surface area contributed by atoms with Crippen molar-refractivity contribution < 1.29 is 35.9 Å². The van der Waals surface area contributed by atoms with Crippen LogP contribution in [-0.4, -0.2) is 63.4 Å². The molecule has 0 radical (unpaired) electrons. The molecule has 0 saturated carbocycles. The van der Waals surface area contributed by atoms with Gasteiger partial charge in [-0.2, -0.15) is 17.5 Å². The molecule has 1 aliphatic heterocycles. The molecular weight excluding hydrogens is 569 g/mol. The van der Waals surface area contributed by atoms with E-state index >= 15 is 0 Å². The molecule has 1 fully saturated rings. The first kappa shape index (κ1) is 30.0. The van der Waals surface area contributed by atoms with Crippen molar-refractivity contribution in [3.63, 3.8) is 0 Å². The van der Waals surface area contributed by atoms with Crippen LogP contribution in [0.25, 0.3) is 0 Å². The van der Waals surface area contributed by atoms with Crippen LogP contribution in [0.15, 0.2) is 77.7 Å². The molecule has 1 aliphatic rings. The monoisotopic (exact) mass is 596 g/mol. The first-order chi connectivity index (χ1) is 19.0. The fourth-order valence-corrected chi connectivity index (χ4v) is 5.88. The smallest absolute Gasteiger partial charge is 0.416 e. The summed E-state index contributed by atoms with van der Waals surface area (Å²) >= 11 is 6.07. The molecule has 12 heteroatoms. The maximum atomic E-state index is 13.0. The van der Waals surface area contributed by atoms with Gasteiger partial charge in [-0.3, -0.25) is 4.90 Å². The molecule has 0 bridgehead atoms. The summed E-state index contributed by atoms with van der Waals surface area (Å²) in [7, 11) is -2.61. The first-order valence-corrected chi connectivity index (χ1v) is 14.2. The second-order valence-electron chi connectivity index (χ2n) is 9.27. The largest absolute Gasteiger partial charge is 0.465 e. The number of esters is 1. The number of piperazine rings is 1. The SMILES string of the molecule is COC(=O)c1ccc(CO[C@@H](CN2CCN(S(=O)(=O)c3ccc(C(F)(F)F)cc3)CC2)c2ccc(Cl)cc2)cc1. The topological polar surface area (TPSA) is 76.2 Å². The van der Waals surface area contributed by atoms with Gasteiger partial charge in [0.2, 0.25) is 10.0 Å². The lowest BCUT2D eigenvalue weighted by atomic mass is 10.1. The average molecular weight is 597 g/mol. The van der Waals surface area contributed by atoms with Crippen LogP contribution in [0.3, 0.4) is 0 Å². The third kappa shape index (κ3) is 7.41. The van der Waals surface area contributed by atoms with Crippen molar-refractivity contribution >= 4 is 27.6 Å². The maximum Gasteiger partial charge on any atom is 0.416 e. The Balaban J connectivity index is 1.40. The van der Waals surface area contributed by atoms with E-state index in [1.807, 2.05) is 12.1 Å². The van der Waals surface area contributed by atoms with Crippen molar-refractivity contribution in [2.45, 2.75) is 23.8 Å². The number of carbonyl (C=O) groups excluding carboxylic acids is 1. The van der Waals surface area contributed by atoms with Crippen LogP contribution in [0, 0.1) is 0 Å². The highest BCUT2D eigenvalue weighted by atomic mass is 35.5. The van der Waals surface area contributed by atoms with E-state index in [2.05, 4.69) is 4.90 Å². The highest BCUT2D eigenvalue weighted by Gasteiger charge is 2.33. The van der Waals surface area contributed by atoms with Gasteiger partial charge < -0.3 is 9.47 Å². The van der Waals surface area contributed by atoms with Gasteiger partial charge in [0.1, 0.15) is 0 Å². The minimum atomic E-state index is -4.54. The van der Waals surface area contributed by atoms with Gasteiger partial charge in [0.25, 0.3) is 0 Å². The van der Waals surface area contributed by atoms with E-state index in [0.717, 1.165) is 35.4 Å². The van der Waals surface area contributed by atoms with Crippen LogP contribution in [0.5, 0.6) is 0 Å². The summed E-state index contributed by atoms with van der Waals surface area (Å²) in [5.74, 6) is -0.425. The van der Waals surface area contributed by atoms with Crippen molar-refractivity contribution in [2.24, 2.45) is 0 Å². The number of sulfonamides is 1. The highest BCUT2D eigenvalue weighted by Crippen LogP contribution is 2.30. The van der Waals surface area contributed by atoms with E-state index in [1.165, 1.54) is 11.4 Å². The summed E-state index contributed by atoms with van der Waals surface area (Å²) in [5, 5.41) is 0.586. The van der Waals surface area contributed by atoms with Crippen molar-refractivity contribution in [3.05, 3.63) is 100 Å². The van der Waals surface area contributed by atoms with Crippen molar-refractivity contribution in [3.8, 4) is 0 Å². The fourth-order valence-electron chi connectivity index (χ4n) is 4.34. The van der Waals surface area contributed by atoms with Gasteiger partial charge in [0, 0.05) is 37.7 Å². The lowest BCUT2D eigenvalue weighted by molar-refractivity contribution is -0.137. The zero-order chi connectivity index (χ0) is 28.9. The number of hydrogen-bond donors (Lipinski definition) is 0. The molecule has 0 N–H and O–H groups in total. The first-order valence-electron chi connectivity index (χ1n) is 12.4. The van der Waals surface area contributed by atoms with Crippen molar-refractivity contribution in [1.82, 2.24) is 9.21 Å². The van der Waals surface area contributed by atoms with E-state index in [4.69, 9.17) is 21.1 Å². The molecular formula is C28H28ClF3N2O5S. The normalized spacial score (nSPS) is 16.0. The molecule has 4 rings (SSSR count). The molecule has 0 aromatic heterocycles. The second-order valence-corrected chi connectivity index (χ2v) is 11.6. The van der Waals surface area contributed by atoms with Crippen LogP contribution in [0.1, 0.15) is 33.2 Å². The summed E-state index contributed by atoms with van der Waals surface area (Å²) < 4.78 is 77.0. The Hall–Kier alpha value is -2.96. The molecule has 40 heavy (non-hydrogen) atoms. The summed E-state index contributed by atoms with van der Waals surface area (Å²) in [6.07, 6.45) is -4.89. The zero-order valence-electron chi connectivity index (χ0n) is 21.6. The number of ether oxygens (including phenoxy) is 2. The number of carbonyl (C=O) groups is 1. The van der Waals surface area contributed by atoms with Gasteiger partial charge in [-0.15, -0.1) is 0 Å². The molecule has 1 heterocycles. The number of benzene rings is 3. The molecule has 1 saturated heterocycles. The zero-order valence-corrected chi connectivity index (χ0v) is 23.2. The highest BCUT2D eigenvalue weighted by molar-refractivity contribution is 7.89. The van der Waals surface area contributed by atoms with Gasteiger partial charge >= 0.3 is 12.1 Å². The molecule has 0 spiro atoms. The fraction of sp³-hybridized carbons (Fsp3) is 0.321. The molecule has 1 atom stereocenters. The van der Waals surface area contributed by atoms with E-state index in [0.29, 0.717) is 30.2 Å². The predicted molar refractivity (Wildman–Crippen MR) is 143 cm³/mol. The van der Waals surface area contributed by atoms with E-state index in [1.54, 1.807) is 36.4 Å².